The average molecular weight is 718 g/mol. The van der Waals surface area contributed by atoms with Crippen molar-refractivity contribution in [3.63, 3.8) is 0 Å². The van der Waals surface area contributed by atoms with Crippen LogP contribution in [0.25, 0.3) is 0 Å². The van der Waals surface area contributed by atoms with E-state index in [0.29, 0.717) is 32.1 Å². The van der Waals surface area contributed by atoms with Crippen LogP contribution in [-0.2, 0) is 38.3 Å². The molecule has 1 heterocycles. The average Bonchev–Trinajstić information content (AvgIpc) is 3.45. The van der Waals surface area contributed by atoms with Crippen molar-refractivity contribution < 1.29 is 38.3 Å². The normalized spacial score (nSPS) is 20.4. The van der Waals surface area contributed by atoms with Gasteiger partial charge in [0.25, 0.3) is 0 Å². The number of likely N-dealkylation sites (tertiary alicyclic amines) is 1. The highest BCUT2D eigenvalue weighted by Gasteiger charge is 2.46. The Morgan fingerprint density at radius 1 is 0.863 bits per heavy atom. The number of ketones is 4. The third kappa shape index (κ3) is 15.3. The van der Waals surface area contributed by atoms with E-state index in [4.69, 9.17) is 10.5 Å². The predicted octanol–water partition coefficient (Wildman–Crippen LogP) is 5.82. The summed E-state index contributed by atoms with van der Waals surface area (Å²) in [7, 11) is 0. The number of nitrogens with two attached hydrogens (primary N) is 1. The van der Waals surface area contributed by atoms with E-state index in [9.17, 15) is 33.6 Å². The lowest BCUT2D eigenvalue weighted by atomic mass is 9.75. The topological polar surface area (TPSA) is 170 Å². The van der Waals surface area contributed by atoms with E-state index in [1.807, 2.05) is 55.4 Å². The van der Waals surface area contributed by atoms with E-state index >= 15 is 0 Å². The van der Waals surface area contributed by atoms with Gasteiger partial charge in [0.15, 0.2) is 11.6 Å². The van der Waals surface area contributed by atoms with Gasteiger partial charge in [0.1, 0.15) is 11.8 Å². The lowest BCUT2D eigenvalue weighted by Crippen LogP contribution is -2.47. The Labute approximate surface area is 306 Å². The zero-order valence-electron chi connectivity index (χ0n) is 32.8. The Balaban J connectivity index is 2.26. The van der Waals surface area contributed by atoms with Crippen LogP contribution in [0, 0.1) is 23.2 Å². The molecule has 1 saturated heterocycles. The van der Waals surface area contributed by atoms with Gasteiger partial charge < -0.3 is 20.7 Å². The monoisotopic (exact) mass is 717 g/mol. The fraction of sp³-hybridized carbons (Fsp3) is 0.825. The highest BCUT2D eigenvalue weighted by atomic mass is 16.5. The number of unbranched alkanes of at least 4 members (excludes halogenated alkanes) is 1. The number of hydrogen-bond donors (Lipinski definition) is 2. The van der Waals surface area contributed by atoms with Gasteiger partial charge in [0.2, 0.25) is 23.5 Å². The predicted molar refractivity (Wildman–Crippen MR) is 196 cm³/mol. The molecular formula is C40H67N3O8. The molecule has 1 saturated carbocycles. The molecule has 2 rings (SSSR count). The summed E-state index contributed by atoms with van der Waals surface area (Å²) in [6.07, 6.45) is 7.13. The summed E-state index contributed by atoms with van der Waals surface area (Å²) in [5, 5.41) is 2.56. The molecule has 3 N–H and O–H groups in total. The number of amides is 3. The van der Waals surface area contributed by atoms with Crippen LogP contribution < -0.4 is 11.1 Å². The highest BCUT2D eigenvalue weighted by molar-refractivity contribution is 6.38. The summed E-state index contributed by atoms with van der Waals surface area (Å²) in [5.74, 6) is -4.46. The largest absolute Gasteiger partial charge is 0.371 e. The number of carbonyl (C=O) groups is 7. The first-order valence-corrected chi connectivity index (χ1v) is 19.4. The molecule has 0 bridgehead atoms. The standard InChI is InChI=1S/C40H67N3O8/c1-9-11-18-31(37(41)49)42-35(47)20-19-33(45)36(48)27(15-10-2)21-34(46)32-23-29(51-40(6,7)8)25-43(32)38(50)30(26-16-13-12-14-17-26)22-28(44)24-39(3,4)5/h26-27,29-32H,9-25H2,1-8H3,(H2,41,49)(H,42,47)/t27?,29-,30?,31?,32+/m1/s1. The quantitative estimate of drug-likeness (QED) is 0.140. The molecule has 0 aromatic carbocycles. The molecule has 0 radical (unpaired) electrons. The van der Waals surface area contributed by atoms with Crippen molar-refractivity contribution in [1.82, 2.24) is 10.2 Å². The maximum absolute atomic E-state index is 14.5. The molecule has 0 aromatic rings. The summed E-state index contributed by atoms with van der Waals surface area (Å²) in [4.78, 5) is 94.3. The second-order valence-electron chi connectivity index (χ2n) is 17.2. The van der Waals surface area contributed by atoms with E-state index in [1.54, 1.807) is 4.90 Å². The first kappa shape index (κ1) is 44.2. The van der Waals surface area contributed by atoms with E-state index < -0.39 is 59.0 Å². The van der Waals surface area contributed by atoms with Gasteiger partial charge in [-0.2, -0.15) is 0 Å². The summed E-state index contributed by atoms with van der Waals surface area (Å²) < 4.78 is 6.29. The van der Waals surface area contributed by atoms with Crippen LogP contribution in [-0.4, -0.2) is 76.1 Å². The number of ether oxygens (including phenoxy) is 1. The maximum atomic E-state index is 14.5. The van der Waals surface area contributed by atoms with Gasteiger partial charge >= 0.3 is 0 Å². The van der Waals surface area contributed by atoms with Crippen molar-refractivity contribution >= 4 is 40.9 Å². The second-order valence-corrected chi connectivity index (χ2v) is 17.2. The molecule has 1 aliphatic heterocycles. The number of Topliss-reactive ketones (excluding diaryl/α,β-unsaturated/α-hetero) is 4. The SMILES string of the molecule is CCCCC(NC(=O)CCC(=O)C(=O)C(CCC)CC(=O)[C@@H]1C[C@@H](OC(C)(C)C)CN1C(=O)C(CC(=O)CC(C)(C)C)C1CCCCC1)C(N)=O. The van der Waals surface area contributed by atoms with Crippen molar-refractivity contribution in [2.24, 2.45) is 28.9 Å². The number of primary amides is 1. The van der Waals surface area contributed by atoms with Crippen LogP contribution >= 0.6 is 0 Å². The molecule has 1 aliphatic carbocycles. The third-order valence-corrected chi connectivity index (χ3v) is 9.98. The molecule has 0 spiro atoms. The lowest BCUT2D eigenvalue weighted by molar-refractivity contribution is -0.146. The smallest absolute Gasteiger partial charge is 0.239 e. The highest BCUT2D eigenvalue weighted by Crippen LogP contribution is 2.37. The molecule has 5 atom stereocenters. The minimum atomic E-state index is -0.886. The molecular weight excluding hydrogens is 650 g/mol. The van der Waals surface area contributed by atoms with Gasteiger partial charge in [-0.15, -0.1) is 0 Å². The van der Waals surface area contributed by atoms with Gasteiger partial charge in [-0.25, -0.2) is 0 Å². The first-order chi connectivity index (χ1) is 23.8. The number of nitrogens with zero attached hydrogens (tertiary/aromatic N) is 1. The lowest BCUT2D eigenvalue weighted by Gasteiger charge is -2.34. The summed E-state index contributed by atoms with van der Waals surface area (Å²) >= 11 is 0. The van der Waals surface area contributed by atoms with Gasteiger partial charge in [0.05, 0.1) is 17.7 Å². The Morgan fingerprint density at radius 2 is 1.51 bits per heavy atom. The summed E-state index contributed by atoms with van der Waals surface area (Å²) in [6, 6.07) is -1.68. The van der Waals surface area contributed by atoms with Crippen LogP contribution in [0.3, 0.4) is 0 Å². The molecule has 51 heavy (non-hydrogen) atoms. The Morgan fingerprint density at radius 3 is 2.06 bits per heavy atom. The molecule has 11 heteroatoms. The molecule has 3 unspecified atom stereocenters. The zero-order chi connectivity index (χ0) is 38.5. The van der Waals surface area contributed by atoms with Crippen molar-refractivity contribution in [3.05, 3.63) is 0 Å². The third-order valence-electron chi connectivity index (χ3n) is 9.98. The summed E-state index contributed by atoms with van der Waals surface area (Å²) in [6.45, 7) is 15.8. The van der Waals surface area contributed by atoms with Crippen LogP contribution in [0.4, 0.5) is 0 Å². The minimum absolute atomic E-state index is 0.0443. The fourth-order valence-corrected chi connectivity index (χ4v) is 7.64. The number of nitrogens with one attached hydrogen (secondary N) is 1. The summed E-state index contributed by atoms with van der Waals surface area (Å²) in [5.41, 5.74) is 4.68. The van der Waals surface area contributed by atoms with E-state index in [0.717, 1.165) is 38.5 Å². The number of hydrogen-bond acceptors (Lipinski definition) is 8. The van der Waals surface area contributed by atoms with Gasteiger partial charge in [0, 0.05) is 56.9 Å². The fourth-order valence-electron chi connectivity index (χ4n) is 7.64. The van der Waals surface area contributed by atoms with E-state index in [-0.39, 0.29) is 67.5 Å². The van der Waals surface area contributed by atoms with Gasteiger partial charge in [-0.1, -0.05) is 73.1 Å². The van der Waals surface area contributed by atoms with E-state index in [1.165, 1.54) is 0 Å². The molecule has 2 fully saturated rings. The van der Waals surface area contributed by atoms with Crippen molar-refractivity contribution in [1.29, 1.82) is 0 Å². The Bertz CT molecular complexity index is 1230. The van der Waals surface area contributed by atoms with Crippen LogP contribution in [0.15, 0.2) is 0 Å². The molecule has 11 nitrogen and oxygen atoms in total. The molecule has 290 valence electrons. The number of carbonyl (C=O) groups excluding carboxylic acids is 7. The van der Waals surface area contributed by atoms with Crippen molar-refractivity contribution in [2.45, 2.75) is 182 Å². The Kier molecular flexibility index (Phi) is 17.6. The van der Waals surface area contributed by atoms with Crippen molar-refractivity contribution in [3.8, 4) is 0 Å². The van der Waals surface area contributed by atoms with Crippen LogP contribution in [0.5, 0.6) is 0 Å². The maximum Gasteiger partial charge on any atom is 0.239 e. The zero-order valence-corrected chi connectivity index (χ0v) is 32.8. The Hall–Kier alpha value is -2.95. The van der Waals surface area contributed by atoms with Crippen molar-refractivity contribution in [2.75, 3.05) is 6.54 Å². The molecule has 3 amide bonds. The minimum Gasteiger partial charge on any atom is -0.371 e. The number of rotatable bonds is 21. The molecule has 0 aromatic heterocycles. The van der Waals surface area contributed by atoms with Gasteiger partial charge in [-0.05, 0) is 57.8 Å². The van der Waals surface area contributed by atoms with Crippen LogP contribution in [0.2, 0.25) is 0 Å². The van der Waals surface area contributed by atoms with E-state index in [2.05, 4.69) is 5.32 Å². The van der Waals surface area contributed by atoms with Gasteiger partial charge in [-0.3, -0.25) is 33.6 Å². The second kappa shape index (κ2) is 20.3. The molecule has 2 aliphatic rings. The first-order valence-electron chi connectivity index (χ1n) is 19.4. The van der Waals surface area contributed by atoms with Crippen LogP contribution in [0.1, 0.15) is 158 Å².